The molecule has 3 rings (SSSR count). The van der Waals surface area contributed by atoms with Gasteiger partial charge in [-0.15, -0.1) is 0 Å². The van der Waals surface area contributed by atoms with Crippen LogP contribution in [0.25, 0.3) is 0 Å². The number of aromatic nitrogens is 1. The van der Waals surface area contributed by atoms with E-state index in [1.54, 1.807) is 11.8 Å². The van der Waals surface area contributed by atoms with Crippen LogP contribution in [0.2, 0.25) is 0 Å². The Kier molecular flexibility index (Phi) is 4.70. The van der Waals surface area contributed by atoms with Crippen molar-refractivity contribution in [3.8, 4) is 0 Å². The maximum atomic E-state index is 12.5. The van der Waals surface area contributed by atoms with E-state index in [4.69, 9.17) is 0 Å². The summed E-state index contributed by atoms with van der Waals surface area (Å²) in [6.45, 7) is 4.69. The lowest BCUT2D eigenvalue weighted by atomic mass is 10.1. The predicted octanol–water partition coefficient (Wildman–Crippen LogP) is 1.98. The van der Waals surface area contributed by atoms with E-state index in [-0.39, 0.29) is 29.7 Å². The number of nitrogens with zero attached hydrogens (tertiary/aromatic N) is 1. The van der Waals surface area contributed by atoms with Crippen LogP contribution in [0.15, 0.2) is 41.3 Å². The maximum Gasteiger partial charge on any atom is 0.248 e. The van der Waals surface area contributed by atoms with Crippen molar-refractivity contribution in [3.63, 3.8) is 0 Å². The zero-order valence-corrected chi connectivity index (χ0v) is 14.3. The highest BCUT2D eigenvalue weighted by atomic mass is 16.2. The summed E-state index contributed by atoms with van der Waals surface area (Å²) in [6.07, 6.45) is 1.69. The number of benzene rings is 1. The molecule has 0 spiro atoms. The Balaban J connectivity index is 1.64. The minimum Gasteiger partial charge on any atom is -0.338 e. The van der Waals surface area contributed by atoms with Crippen molar-refractivity contribution in [2.45, 2.75) is 26.8 Å². The molecular weight excluding hydrogens is 318 g/mol. The molecule has 2 N–H and O–H groups in total. The number of aromatic amines is 1. The monoisotopic (exact) mass is 339 g/mol. The van der Waals surface area contributed by atoms with Crippen LogP contribution in [-0.4, -0.2) is 28.2 Å². The smallest absolute Gasteiger partial charge is 0.248 e. The molecule has 1 aliphatic heterocycles. The van der Waals surface area contributed by atoms with E-state index < -0.39 is 0 Å². The van der Waals surface area contributed by atoms with Crippen molar-refractivity contribution in [3.05, 3.63) is 63.6 Å². The van der Waals surface area contributed by atoms with Crippen LogP contribution < -0.4 is 10.9 Å². The van der Waals surface area contributed by atoms with Crippen LogP contribution in [0.4, 0.5) is 5.69 Å². The molecule has 6 nitrogen and oxygen atoms in total. The highest BCUT2D eigenvalue weighted by molar-refractivity contribution is 5.97. The largest absolute Gasteiger partial charge is 0.338 e. The standard InChI is InChI=1S/C19H21N3O3/c1-12-3-5-14(6-4-12)10-22-11-15(8-18(22)24)19(25)21-16-9-20-17(23)7-13(16)2/h3-7,9,15H,8,10-11H2,1-2H3,(H,20,23)(H,21,25)/t15-/m1/s1. The molecule has 0 bridgehead atoms. The second-order valence-electron chi connectivity index (χ2n) is 6.54. The summed E-state index contributed by atoms with van der Waals surface area (Å²) in [7, 11) is 0. The zero-order chi connectivity index (χ0) is 18.0. The van der Waals surface area contributed by atoms with Crippen molar-refractivity contribution in [1.29, 1.82) is 0 Å². The van der Waals surface area contributed by atoms with Crippen LogP contribution in [0.3, 0.4) is 0 Å². The quantitative estimate of drug-likeness (QED) is 0.893. The van der Waals surface area contributed by atoms with Gasteiger partial charge in [-0.3, -0.25) is 14.4 Å². The molecule has 0 radical (unpaired) electrons. The maximum absolute atomic E-state index is 12.5. The first kappa shape index (κ1) is 17.0. The number of carbonyl (C=O) groups is 2. The second kappa shape index (κ2) is 6.93. The summed E-state index contributed by atoms with van der Waals surface area (Å²) in [4.78, 5) is 40.2. The van der Waals surface area contributed by atoms with Gasteiger partial charge in [0.25, 0.3) is 0 Å². The summed E-state index contributed by atoms with van der Waals surface area (Å²) in [5.74, 6) is -0.599. The number of nitrogens with one attached hydrogen (secondary N) is 2. The van der Waals surface area contributed by atoms with Crippen LogP contribution in [-0.2, 0) is 16.1 Å². The third-order valence-corrected chi connectivity index (χ3v) is 4.47. The minimum atomic E-state index is -0.385. The Hall–Kier alpha value is -2.89. The summed E-state index contributed by atoms with van der Waals surface area (Å²) in [5.41, 5.74) is 3.27. The van der Waals surface area contributed by atoms with Crippen molar-refractivity contribution in [2.24, 2.45) is 5.92 Å². The predicted molar refractivity (Wildman–Crippen MR) is 95.1 cm³/mol. The van der Waals surface area contributed by atoms with Crippen LogP contribution in [0.1, 0.15) is 23.1 Å². The molecule has 2 amide bonds. The van der Waals surface area contributed by atoms with Gasteiger partial charge in [0.05, 0.1) is 11.6 Å². The van der Waals surface area contributed by atoms with Crippen LogP contribution in [0.5, 0.6) is 0 Å². The van der Waals surface area contributed by atoms with Gasteiger partial charge in [0.15, 0.2) is 0 Å². The number of hydrogen-bond acceptors (Lipinski definition) is 3. The molecule has 2 heterocycles. The Morgan fingerprint density at radius 3 is 2.64 bits per heavy atom. The van der Waals surface area contributed by atoms with E-state index in [1.807, 2.05) is 31.2 Å². The SMILES string of the molecule is Cc1ccc(CN2C[C@H](C(=O)Nc3c[nH]c(=O)cc3C)CC2=O)cc1. The Morgan fingerprint density at radius 1 is 1.24 bits per heavy atom. The lowest BCUT2D eigenvalue weighted by molar-refractivity contribution is -0.128. The third kappa shape index (κ3) is 3.96. The van der Waals surface area contributed by atoms with E-state index >= 15 is 0 Å². The van der Waals surface area contributed by atoms with Gasteiger partial charge in [-0.05, 0) is 25.0 Å². The first-order valence-electron chi connectivity index (χ1n) is 8.26. The molecule has 1 atom stereocenters. The van der Waals surface area contributed by atoms with Crippen LogP contribution >= 0.6 is 0 Å². The van der Waals surface area contributed by atoms with E-state index in [0.29, 0.717) is 24.3 Å². The number of carbonyl (C=O) groups excluding carboxylic acids is 2. The van der Waals surface area contributed by atoms with Gasteiger partial charge in [-0.1, -0.05) is 29.8 Å². The minimum absolute atomic E-state index is 0.0149. The Labute approximate surface area is 145 Å². The fourth-order valence-electron chi connectivity index (χ4n) is 2.96. The average molecular weight is 339 g/mol. The molecule has 1 fully saturated rings. The van der Waals surface area contributed by atoms with Crippen molar-refractivity contribution >= 4 is 17.5 Å². The molecular formula is C19H21N3O3. The number of amides is 2. The summed E-state index contributed by atoms with van der Waals surface area (Å²) >= 11 is 0. The van der Waals surface area contributed by atoms with Gasteiger partial charge in [-0.2, -0.15) is 0 Å². The average Bonchev–Trinajstić information content (AvgIpc) is 2.93. The summed E-state index contributed by atoms with van der Waals surface area (Å²) in [5, 5.41) is 2.80. The molecule has 6 heteroatoms. The fraction of sp³-hybridized carbons (Fsp3) is 0.316. The molecule has 130 valence electrons. The number of rotatable bonds is 4. The van der Waals surface area contributed by atoms with E-state index in [2.05, 4.69) is 10.3 Å². The van der Waals surface area contributed by atoms with Crippen molar-refractivity contribution in [1.82, 2.24) is 9.88 Å². The van der Waals surface area contributed by atoms with Crippen LogP contribution in [0, 0.1) is 19.8 Å². The molecule has 1 aromatic heterocycles. The number of hydrogen-bond donors (Lipinski definition) is 2. The highest BCUT2D eigenvalue weighted by Gasteiger charge is 2.34. The first-order valence-corrected chi connectivity index (χ1v) is 8.26. The normalized spacial score (nSPS) is 17.0. The summed E-state index contributed by atoms with van der Waals surface area (Å²) < 4.78 is 0. The van der Waals surface area contributed by atoms with Gasteiger partial charge < -0.3 is 15.2 Å². The first-order chi connectivity index (χ1) is 11.9. The number of anilines is 1. The van der Waals surface area contributed by atoms with Gasteiger partial charge in [0.1, 0.15) is 0 Å². The molecule has 0 aliphatic carbocycles. The zero-order valence-electron chi connectivity index (χ0n) is 14.3. The van der Waals surface area contributed by atoms with Gasteiger partial charge in [0.2, 0.25) is 17.4 Å². The van der Waals surface area contributed by atoms with E-state index in [1.165, 1.54) is 17.8 Å². The Bertz CT molecular complexity index is 855. The topological polar surface area (TPSA) is 82.3 Å². The van der Waals surface area contributed by atoms with Gasteiger partial charge in [0, 0.05) is 31.8 Å². The lowest BCUT2D eigenvalue weighted by Gasteiger charge is -2.17. The van der Waals surface area contributed by atoms with Gasteiger partial charge >= 0.3 is 0 Å². The third-order valence-electron chi connectivity index (χ3n) is 4.47. The molecule has 25 heavy (non-hydrogen) atoms. The number of likely N-dealkylation sites (tertiary alicyclic amines) is 1. The second-order valence-corrected chi connectivity index (χ2v) is 6.54. The van der Waals surface area contributed by atoms with E-state index in [9.17, 15) is 14.4 Å². The number of H-pyrrole nitrogens is 1. The number of aryl methyl sites for hydroxylation is 2. The van der Waals surface area contributed by atoms with Crippen molar-refractivity contribution < 1.29 is 9.59 Å². The summed E-state index contributed by atoms with van der Waals surface area (Å²) in [6, 6.07) is 9.45. The van der Waals surface area contributed by atoms with Gasteiger partial charge in [-0.25, -0.2) is 0 Å². The fourth-order valence-corrected chi connectivity index (χ4v) is 2.96. The molecule has 1 aliphatic rings. The molecule has 2 aromatic rings. The molecule has 0 saturated carbocycles. The molecule has 1 aromatic carbocycles. The molecule has 0 unspecified atom stereocenters. The van der Waals surface area contributed by atoms with Crippen molar-refractivity contribution in [2.75, 3.05) is 11.9 Å². The highest BCUT2D eigenvalue weighted by Crippen LogP contribution is 2.22. The lowest BCUT2D eigenvalue weighted by Crippen LogP contribution is -2.28. The van der Waals surface area contributed by atoms with E-state index in [0.717, 1.165) is 5.56 Å². The molecule has 1 saturated heterocycles. The Morgan fingerprint density at radius 2 is 1.96 bits per heavy atom. The number of pyridine rings is 1.